The normalized spacial score (nSPS) is 37.3. The highest BCUT2D eigenvalue weighted by molar-refractivity contribution is 7.94. The van der Waals surface area contributed by atoms with Gasteiger partial charge in [0.25, 0.3) is 0 Å². The highest BCUT2D eigenvalue weighted by Crippen LogP contribution is 2.83. The Hall–Kier alpha value is 0.780. The average Bonchev–Trinajstić information content (AvgIpc) is 3.00. The number of hydrogen-bond acceptors (Lipinski definition) is 8. The first-order chi connectivity index (χ1) is 20.9. The van der Waals surface area contributed by atoms with Crippen molar-refractivity contribution >= 4 is 33.3 Å². The van der Waals surface area contributed by atoms with Crippen molar-refractivity contribution in [3.63, 3.8) is 0 Å². The van der Waals surface area contributed by atoms with E-state index in [4.69, 9.17) is 47.4 Å². The minimum absolute atomic E-state index is 0.0450. The van der Waals surface area contributed by atoms with E-state index in [1.807, 2.05) is 0 Å². The number of halogens is 1. The van der Waals surface area contributed by atoms with E-state index in [9.17, 15) is 0 Å². The van der Waals surface area contributed by atoms with Crippen LogP contribution in [-0.2, 0) is 22.6 Å². The smallest absolute Gasteiger partial charge is 0.312 e. The lowest BCUT2D eigenvalue weighted by Crippen LogP contribution is -2.23. The summed E-state index contributed by atoms with van der Waals surface area (Å²) in [5, 5.41) is 0. The molecule has 0 bridgehead atoms. The lowest BCUT2D eigenvalue weighted by molar-refractivity contribution is 0.0842. The van der Waals surface area contributed by atoms with Gasteiger partial charge in [-0.15, -0.1) is 4.52 Å². The van der Waals surface area contributed by atoms with Gasteiger partial charge in [0.1, 0.15) is 0 Å². The van der Waals surface area contributed by atoms with E-state index in [2.05, 4.69) is 6.92 Å². The second kappa shape index (κ2) is 15.8. The maximum atomic E-state index is 7.60. The minimum atomic E-state index is -3.24. The molecule has 6 aliphatic rings. The average molecular weight is 680 g/mol. The summed E-state index contributed by atoms with van der Waals surface area (Å²) >= 11 is 7.60. The fourth-order valence-corrected chi connectivity index (χ4v) is 19.1. The fourth-order valence-electron chi connectivity index (χ4n) is 7.72. The Morgan fingerprint density at radius 3 is 1.12 bits per heavy atom. The summed E-state index contributed by atoms with van der Waals surface area (Å²) in [7, 11) is -6.48. The van der Waals surface area contributed by atoms with Gasteiger partial charge >= 0.3 is 22.1 Å². The zero-order valence-corrected chi connectivity index (χ0v) is 30.0. The maximum Gasteiger partial charge on any atom is 0.348 e. The predicted molar refractivity (Wildman–Crippen MR) is 178 cm³/mol. The van der Waals surface area contributed by atoms with Crippen LogP contribution in [0.2, 0.25) is 0 Å². The third kappa shape index (κ3) is 9.67. The van der Waals surface area contributed by atoms with Gasteiger partial charge in [0.05, 0.1) is 30.5 Å². The first-order valence-electron chi connectivity index (χ1n) is 17.9. The first-order valence-corrected chi connectivity index (χ1v) is 23.5. The van der Waals surface area contributed by atoms with Crippen LogP contribution in [-0.4, -0.2) is 30.5 Å². The van der Waals surface area contributed by atoms with E-state index >= 15 is 0 Å². The van der Waals surface area contributed by atoms with Gasteiger partial charge in [-0.2, -0.15) is 9.03 Å². The van der Waals surface area contributed by atoms with Gasteiger partial charge in [0, 0.05) is 0 Å². The molecule has 43 heavy (non-hydrogen) atoms. The molecule has 0 saturated heterocycles. The summed E-state index contributed by atoms with van der Waals surface area (Å²) in [4.78, 5) is 0. The lowest BCUT2D eigenvalue weighted by Gasteiger charge is -2.39. The topological polar surface area (TPSA) is 83.2 Å². The molecule has 0 aromatic heterocycles. The van der Waals surface area contributed by atoms with Crippen molar-refractivity contribution in [1.82, 2.24) is 0 Å². The molecule has 5 aliphatic carbocycles. The molecule has 2 unspecified atom stereocenters. The zero-order valence-electron chi connectivity index (χ0n) is 26.5. The molecule has 0 spiro atoms. The van der Waals surface area contributed by atoms with E-state index in [1.54, 1.807) is 0 Å². The predicted octanol–water partition coefficient (Wildman–Crippen LogP) is 13.1. The summed E-state index contributed by atoms with van der Waals surface area (Å²) in [6.07, 6.45) is 26.8. The van der Waals surface area contributed by atoms with Crippen LogP contribution in [0.15, 0.2) is 13.5 Å². The van der Waals surface area contributed by atoms with Crippen LogP contribution in [0.25, 0.3) is 0 Å². The van der Waals surface area contributed by atoms with Crippen LogP contribution in [0, 0.1) is 5.92 Å². The molecule has 0 radical (unpaired) electrons. The number of nitrogens with zero attached hydrogens (tertiary/aromatic N) is 3. The molecule has 248 valence electrons. The quantitative estimate of drug-likeness (QED) is 0.215. The standard InChI is InChI=1S/C31H57ClN3O5P3/c1-26-22-24-31(25-23-26)40-43(39-30-20-12-5-13-21-30)34-41(32,36-27-14-6-2-7-15-27)33-42(35-43,37-28-16-8-3-9-17-28)38-29-18-10-4-11-19-29/h26-31H,2-25H2,1H3. The molecule has 5 fully saturated rings. The summed E-state index contributed by atoms with van der Waals surface area (Å²) < 4.78 is 51.3. The fraction of sp³-hybridized carbons (Fsp3) is 1.00. The Kier molecular flexibility index (Phi) is 12.4. The van der Waals surface area contributed by atoms with E-state index in [0.29, 0.717) is 5.92 Å². The van der Waals surface area contributed by atoms with Gasteiger partial charge in [0.2, 0.25) is 0 Å². The van der Waals surface area contributed by atoms with Gasteiger partial charge in [-0.05, 0) is 94.2 Å². The van der Waals surface area contributed by atoms with Crippen LogP contribution < -0.4 is 0 Å². The first kappa shape index (κ1) is 33.7. The second-order valence-electron chi connectivity index (χ2n) is 14.2. The van der Waals surface area contributed by atoms with Crippen molar-refractivity contribution in [2.45, 2.75) is 192 Å². The number of hydrogen-bond donors (Lipinski definition) is 0. The maximum absolute atomic E-state index is 7.60. The third-order valence-electron chi connectivity index (χ3n) is 10.3. The van der Waals surface area contributed by atoms with Gasteiger partial charge in [-0.25, -0.2) is 0 Å². The Balaban J connectivity index is 1.44. The Morgan fingerprint density at radius 1 is 0.395 bits per heavy atom. The summed E-state index contributed by atoms with van der Waals surface area (Å²) in [5.41, 5.74) is 0. The molecule has 1 heterocycles. The molecule has 12 heteroatoms. The summed E-state index contributed by atoms with van der Waals surface area (Å²) in [5.74, 6) is 0.716. The van der Waals surface area contributed by atoms with Crippen LogP contribution >= 0.6 is 33.3 Å². The third-order valence-corrected chi connectivity index (χ3v) is 20.0. The van der Waals surface area contributed by atoms with Gasteiger partial charge in [-0.3, -0.25) is 0 Å². The number of rotatable bonds is 10. The van der Waals surface area contributed by atoms with Crippen LogP contribution in [0.1, 0.15) is 161 Å². The SMILES string of the molecule is CC1CCC(OP2(OC3CCCCC3)=NP(Cl)(OC3CCCCC3)=NP(OC3CCCCC3)(OC3CCCCC3)=N2)CC1. The lowest BCUT2D eigenvalue weighted by atomic mass is 9.89. The van der Waals surface area contributed by atoms with Crippen molar-refractivity contribution in [3.8, 4) is 0 Å². The monoisotopic (exact) mass is 679 g/mol. The van der Waals surface area contributed by atoms with Crippen molar-refractivity contribution < 1.29 is 22.6 Å². The largest absolute Gasteiger partial charge is 0.348 e. The van der Waals surface area contributed by atoms with Gasteiger partial charge in [0.15, 0.2) is 0 Å². The molecule has 6 rings (SSSR count). The van der Waals surface area contributed by atoms with E-state index < -0.39 is 22.1 Å². The van der Waals surface area contributed by atoms with E-state index in [1.165, 1.54) is 25.7 Å². The van der Waals surface area contributed by atoms with Crippen molar-refractivity contribution in [2.75, 3.05) is 0 Å². The Labute approximate surface area is 266 Å². The van der Waals surface area contributed by atoms with E-state index in [-0.39, 0.29) is 30.5 Å². The molecule has 5 saturated carbocycles. The van der Waals surface area contributed by atoms with Crippen molar-refractivity contribution in [3.05, 3.63) is 0 Å². The molecular formula is C31H57ClN3O5P3. The Bertz CT molecular complexity index is 1040. The molecule has 0 aromatic rings. The van der Waals surface area contributed by atoms with Crippen LogP contribution in [0.3, 0.4) is 0 Å². The molecule has 0 N–H and O–H groups in total. The minimum Gasteiger partial charge on any atom is -0.312 e. The zero-order chi connectivity index (χ0) is 29.6. The second-order valence-corrected chi connectivity index (χ2v) is 21.6. The summed E-state index contributed by atoms with van der Waals surface area (Å²) in [6, 6.07) is 0. The molecular weight excluding hydrogens is 623 g/mol. The van der Waals surface area contributed by atoms with Crippen molar-refractivity contribution in [2.24, 2.45) is 19.5 Å². The molecule has 8 nitrogen and oxygen atoms in total. The molecule has 1 aliphatic heterocycles. The Morgan fingerprint density at radius 2 is 0.721 bits per heavy atom. The van der Waals surface area contributed by atoms with E-state index in [0.717, 1.165) is 128 Å². The van der Waals surface area contributed by atoms with Crippen LogP contribution in [0.4, 0.5) is 0 Å². The molecule has 2 atom stereocenters. The summed E-state index contributed by atoms with van der Waals surface area (Å²) in [6.45, 7) is -0.889. The highest BCUT2D eigenvalue weighted by atomic mass is 35.7. The molecule has 0 aromatic carbocycles. The van der Waals surface area contributed by atoms with Gasteiger partial charge in [-0.1, -0.05) is 84.0 Å². The van der Waals surface area contributed by atoms with Crippen molar-refractivity contribution in [1.29, 1.82) is 0 Å². The molecule has 0 amide bonds. The highest BCUT2D eigenvalue weighted by Gasteiger charge is 2.47. The van der Waals surface area contributed by atoms with Gasteiger partial charge < -0.3 is 22.6 Å². The van der Waals surface area contributed by atoms with Crippen LogP contribution in [0.5, 0.6) is 0 Å².